The van der Waals surface area contributed by atoms with Crippen molar-refractivity contribution < 1.29 is 9.59 Å². The molecule has 0 aliphatic heterocycles. The number of amides is 3. The Morgan fingerprint density at radius 1 is 1.24 bits per heavy atom. The smallest absolute Gasteiger partial charge is 0.312 e. The molecule has 0 aliphatic carbocycles. The molecule has 6 heteroatoms. The SMILES string of the molecule is CCCCC(NC(N)=O)C(=O)NCCNCC. The van der Waals surface area contributed by atoms with Gasteiger partial charge in [0.1, 0.15) is 6.04 Å². The van der Waals surface area contributed by atoms with E-state index >= 15 is 0 Å². The third-order valence-electron chi connectivity index (χ3n) is 2.33. The number of rotatable bonds is 9. The minimum Gasteiger partial charge on any atom is -0.353 e. The van der Waals surface area contributed by atoms with Gasteiger partial charge in [0.25, 0.3) is 0 Å². The van der Waals surface area contributed by atoms with Crippen LogP contribution in [0, 0.1) is 0 Å². The predicted octanol–water partition coefficient (Wildman–Crippen LogP) is -0.0608. The lowest BCUT2D eigenvalue weighted by Crippen LogP contribution is -2.49. The van der Waals surface area contributed by atoms with Crippen molar-refractivity contribution in [2.75, 3.05) is 19.6 Å². The number of hydrogen-bond donors (Lipinski definition) is 4. The number of nitrogens with two attached hydrogens (primary N) is 1. The fraction of sp³-hybridized carbons (Fsp3) is 0.818. The summed E-state index contributed by atoms with van der Waals surface area (Å²) >= 11 is 0. The summed E-state index contributed by atoms with van der Waals surface area (Å²) in [6, 6.07) is -1.18. The molecule has 0 bridgehead atoms. The van der Waals surface area contributed by atoms with Crippen LogP contribution in [-0.4, -0.2) is 37.6 Å². The molecule has 1 atom stereocenters. The van der Waals surface area contributed by atoms with Gasteiger partial charge in [0, 0.05) is 13.1 Å². The van der Waals surface area contributed by atoms with Crippen LogP contribution in [0.15, 0.2) is 0 Å². The molecule has 0 rings (SSSR count). The van der Waals surface area contributed by atoms with Gasteiger partial charge in [-0.1, -0.05) is 26.7 Å². The van der Waals surface area contributed by atoms with Gasteiger partial charge in [-0.05, 0) is 13.0 Å². The Morgan fingerprint density at radius 3 is 2.47 bits per heavy atom. The van der Waals surface area contributed by atoms with Crippen molar-refractivity contribution in [3.63, 3.8) is 0 Å². The van der Waals surface area contributed by atoms with Gasteiger partial charge in [-0.25, -0.2) is 4.79 Å². The fourth-order valence-electron chi connectivity index (χ4n) is 1.42. The second-order valence-electron chi connectivity index (χ2n) is 3.85. The summed E-state index contributed by atoms with van der Waals surface area (Å²) in [7, 11) is 0. The Balaban J connectivity index is 3.98. The van der Waals surface area contributed by atoms with Crippen molar-refractivity contribution in [3.05, 3.63) is 0 Å². The van der Waals surface area contributed by atoms with Crippen LogP contribution in [0.3, 0.4) is 0 Å². The fourth-order valence-corrected chi connectivity index (χ4v) is 1.42. The van der Waals surface area contributed by atoms with Crippen LogP contribution in [0.1, 0.15) is 33.1 Å². The minimum atomic E-state index is -0.659. The van der Waals surface area contributed by atoms with E-state index in [1.165, 1.54) is 0 Å². The van der Waals surface area contributed by atoms with E-state index < -0.39 is 12.1 Å². The van der Waals surface area contributed by atoms with Crippen LogP contribution in [0.5, 0.6) is 0 Å². The topological polar surface area (TPSA) is 96.2 Å². The quantitative estimate of drug-likeness (QED) is 0.428. The van der Waals surface area contributed by atoms with E-state index in [4.69, 9.17) is 5.73 Å². The molecule has 0 heterocycles. The molecule has 0 spiro atoms. The number of carbonyl (C=O) groups excluding carboxylic acids is 2. The molecule has 0 saturated heterocycles. The maximum atomic E-state index is 11.7. The first-order valence-corrected chi connectivity index (χ1v) is 6.16. The van der Waals surface area contributed by atoms with Crippen molar-refractivity contribution in [1.82, 2.24) is 16.0 Å². The van der Waals surface area contributed by atoms with Gasteiger partial charge in [0.05, 0.1) is 0 Å². The molecule has 0 saturated carbocycles. The standard InChI is InChI=1S/C11H24N4O2/c1-3-5-6-9(15-11(12)17)10(16)14-8-7-13-4-2/h9,13H,3-8H2,1-2H3,(H,14,16)(H3,12,15,17). The Hall–Kier alpha value is -1.30. The molecule has 5 N–H and O–H groups in total. The van der Waals surface area contributed by atoms with Crippen LogP contribution in [0.25, 0.3) is 0 Å². The number of urea groups is 1. The summed E-state index contributed by atoms with van der Waals surface area (Å²) in [5.74, 6) is -0.171. The van der Waals surface area contributed by atoms with Crippen molar-refractivity contribution in [3.8, 4) is 0 Å². The van der Waals surface area contributed by atoms with Gasteiger partial charge in [0.2, 0.25) is 5.91 Å². The summed E-state index contributed by atoms with van der Waals surface area (Å²) in [5, 5.41) is 8.32. The third-order valence-corrected chi connectivity index (χ3v) is 2.33. The Morgan fingerprint density at radius 2 is 1.94 bits per heavy atom. The third kappa shape index (κ3) is 8.50. The van der Waals surface area contributed by atoms with E-state index in [2.05, 4.69) is 16.0 Å². The normalized spacial score (nSPS) is 11.9. The Bertz CT molecular complexity index is 234. The average Bonchev–Trinajstić information content (AvgIpc) is 2.29. The highest BCUT2D eigenvalue weighted by Crippen LogP contribution is 2.00. The monoisotopic (exact) mass is 244 g/mol. The van der Waals surface area contributed by atoms with Gasteiger partial charge in [-0.15, -0.1) is 0 Å². The van der Waals surface area contributed by atoms with Crippen LogP contribution in [0.2, 0.25) is 0 Å². The maximum Gasteiger partial charge on any atom is 0.312 e. The van der Waals surface area contributed by atoms with Crippen LogP contribution in [-0.2, 0) is 4.79 Å². The highest BCUT2D eigenvalue weighted by molar-refractivity contribution is 5.86. The van der Waals surface area contributed by atoms with Gasteiger partial charge >= 0.3 is 6.03 Å². The zero-order valence-electron chi connectivity index (χ0n) is 10.7. The van der Waals surface area contributed by atoms with E-state index in [0.717, 1.165) is 25.9 Å². The Kier molecular flexibility index (Phi) is 9.14. The molecule has 0 aliphatic rings. The summed E-state index contributed by atoms with van der Waals surface area (Å²) in [4.78, 5) is 22.5. The number of primary amides is 1. The number of carbonyl (C=O) groups is 2. The molecule has 6 nitrogen and oxygen atoms in total. The lowest BCUT2D eigenvalue weighted by molar-refractivity contribution is -0.123. The van der Waals surface area contributed by atoms with Crippen molar-refractivity contribution in [2.45, 2.75) is 39.2 Å². The second-order valence-corrected chi connectivity index (χ2v) is 3.85. The first-order valence-electron chi connectivity index (χ1n) is 6.16. The van der Waals surface area contributed by atoms with Crippen LogP contribution >= 0.6 is 0 Å². The maximum absolute atomic E-state index is 11.7. The van der Waals surface area contributed by atoms with Crippen molar-refractivity contribution >= 4 is 11.9 Å². The highest BCUT2D eigenvalue weighted by Gasteiger charge is 2.18. The molecule has 0 fully saturated rings. The first-order chi connectivity index (χ1) is 8.11. The second kappa shape index (κ2) is 9.89. The lowest BCUT2D eigenvalue weighted by Gasteiger charge is -2.16. The molecule has 17 heavy (non-hydrogen) atoms. The van der Waals surface area contributed by atoms with E-state index in [1.807, 2.05) is 13.8 Å². The summed E-state index contributed by atoms with van der Waals surface area (Å²) < 4.78 is 0. The molecule has 0 aromatic carbocycles. The number of unbranched alkanes of at least 4 members (excludes halogenated alkanes) is 1. The van der Waals surface area contributed by atoms with Gasteiger partial charge in [0.15, 0.2) is 0 Å². The number of likely N-dealkylation sites (N-methyl/N-ethyl adjacent to an activating group) is 1. The van der Waals surface area contributed by atoms with E-state index in [0.29, 0.717) is 13.0 Å². The molecule has 1 unspecified atom stereocenters. The molecule has 3 amide bonds. The molecule has 0 radical (unpaired) electrons. The minimum absolute atomic E-state index is 0.171. The van der Waals surface area contributed by atoms with E-state index in [-0.39, 0.29) is 5.91 Å². The van der Waals surface area contributed by atoms with Gasteiger partial charge in [-0.3, -0.25) is 4.79 Å². The Labute approximate surface area is 103 Å². The zero-order chi connectivity index (χ0) is 13.1. The molecule has 100 valence electrons. The van der Waals surface area contributed by atoms with Crippen LogP contribution < -0.4 is 21.7 Å². The number of hydrogen-bond acceptors (Lipinski definition) is 3. The number of nitrogens with one attached hydrogen (secondary N) is 3. The predicted molar refractivity (Wildman–Crippen MR) is 67.6 cm³/mol. The zero-order valence-corrected chi connectivity index (χ0v) is 10.7. The molecular weight excluding hydrogens is 220 g/mol. The summed E-state index contributed by atoms with van der Waals surface area (Å²) in [6.45, 7) is 6.18. The molecule has 0 aromatic rings. The summed E-state index contributed by atoms with van der Waals surface area (Å²) in [5.41, 5.74) is 5.04. The highest BCUT2D eigenvalue weighted by atomic mass is 16.2. The summed E-state index contributed by atoms with van der Waals surface area (Å²) in [6.07, 6.45) is 2.47. The van der Waals surface area contributed by atoms with Crippen molar-refractivity contribution in [1.29, 1.82) is 0 Å². The lowest BCUT2D eigenvalue weighted by atomic mass is 10.1. The first kappa shape index (κ1) is 15.7. The van der Waals surface area contributed by atoms with E-state index in [9.17, 15) is 9.59 Å². The van der Waals surface area contributed by atoms with Crippen molar-refractivity contribution in [2.24, 2.45) is 5.73 Å². The van der Waals surface area contributed by atoms with Gasteiger partial charge < -0.3 is 21.7 Å². The van der Waals surface area contributed by atoms with Crippen LogP contribution in [0.4, 0.5) is 4.79 Å². The largest absolute Gasteiger partial charge is 0.353 e. The van der Waals surface area contributed by atoms with E-state index in [1.54, 1.807) is 0 Å². The molecule has 0 aromatic heterocycles. The van der Waals surface area contributed by atoms with Gasteiger partial charge in [-0.2, -0.15) is 0 Å². The average molecular weight is 244 g/mol. The molecular formula is C11H24N4O2.